The number of hydrogen-bond acceptors (Lipinski definition) is 3. The van der Waals surface area contributed by atoms with Crippen molar-refractivity contribution in [1.29, 1.82) is 0 Å². The Morgan fingerprint density at radius 3 is 2.86 bits per heavy atom. The van der Waals surface area contributed by atoms with Gasteiger partial charge in [0.05, 0.1) is 12.6 Å². The maximum atomic E-state index is 5.56. The molecule has 0 aliphatic carbocycles. The highest BCUT2D eigenvalue weighted by molar-refractivity contribution is 5.71. The van der Waals surface area contributed by atoms with Crippen molar-refractivity contribution in [2.24, 2.45) is 0 Å². The van der Waals surface area contributed by atoms with Gasteiger partial charge in [0.25, 0.3) is 0 Å². The van der Waals surface area contributed by atoms with E-state index in [1.807, 2.05) is 24.4 Å². The summed E-state index contributed by atoms with van der Waals surface area (Å²) < 4.78 is 7.83. The summed E-state index contributed by atoms with van der Waals surface area (Å²) in [5.41, 5.74) is 3.21. The van der Waals surface area contributed by atoms with Gasteiger partial charge in [-0.1, -0.05) is 30.3 Å². The van der Waals surface area contributed by atoms with Gasteiger partial charge in [-0.3, -0.25) is 0 Å². The van der Waals surface area contributed by atoms with Crippen molar-refractivity contribution in [3.63, 3.8) is 0 Å². The van der Waals surface area contributed by atoms with Crippen LogP contribution in [0.3, 0.4) is 0 Å². The van der Waals surface area contributed by atoms with Crippen LogP contribution in [0.1, 0.15) is 23.9 Å². The summed E-state index contributed by atoms with van der Waals surface area (Å²) in [5.74, 6) is 1.07. The van der Waals surface area contributed by atoms with E-state index in [4.69, 9.17) is 9.72 Å². The summed E-state index contributed by atoms with van der Waals surface area (Å²) in [5, 5.41) is 0. The van der Waals surface area contributed by atoms with Crippen LogP contribution in [-0.4, -0.2) is 27.7 Å². The van der Waals surface area contributed by atoms with Crippen molar-refractivity contribution in [1.82, 2.24) is 14.5 Å². The molecule has 1 aromatic carbocycles. The summed E-state index contributed by atoms with van der Waals surface area (Å²) >= 11 is 0. The first-order chi connectivity index (χ1) is 10.4. The average molecular weight is 279 g/mol. The molecule has 0 spiro atoms. The van der Waals surface area contributed by atoms with Gasteiger partial charge in [-0.2, -0.15) is 0 Å². The fourth-order valence-electron chi connectivity index (χ4n) is 2.99. The van der Waals surface area contributed by atoms with Crippen molar-refractivity contribution in [2.75, 3.05) is 13.2 Å². The highest BCUT2D eigenvalue weighted by atomic mass is 16.5. The van der Waals surface area contributed by atoms with E-state index in [1.54, 1.807) is 0 Å². The topological polar surface area (TPSA) is 39.9 Å². The number of benzene rings is 1. The number of rotatable bonds is 3. The largest absolute Gasteiger partial charge is 0.379 e. The molecule has 0 amide bonds. The van der Waals surface area contributed by atoms with E-state index in [9.17, 15) is 0 Å². The van der Waals surface area contributed by atoms with Gasteiger partial charge in [0.15, 0.2) is 5.65 Å². The third-order valence-electron chi connectivity index (χ3n) is 4.00. The molecule has 0 N–H and O–H groups in total. The first-order valence-corrected chi connectivity index (χ1v) is 7.35. The van der Waals surface area contributed by atoms with E-state index in [0.717, 1.165) is 43.0 Å². The number of hydrogen-bond donors (Lipinski definition) is 0. The van der Waals surface area contributed by atoms with Crippen LogP contribution in [0.5, 0.6) is 0 Å². The predicted molar refractivity (Wildman–Crippen MR) is 81.2 cm³/mol. The van der Waals surface area contributed by atoms with Crippen LogP contribution in [0.2, 0.25) is 0 Å². The SMILES string of the molecule is c1ccc(Cc2nc3cccnc3n2C2CCOC2)cc1. The van der Waals surface area contributed by atoms with E-state index < -0.39 is 0 Å². The molecular formula is C17H17N3O. The Labute approximate surface area is 123 Å². The van der Waals surface area contributed by atoms with Crippen molar-refractivity contribution in [3.05, 3.63) is 60.0 Å². The van der Waals surface area contributed by atoms with Gasteiger partial charge < -0.3 is 9.30 Å². The summed E-state index contributed by atoms with van der Waals surface area (Å²) in [6.45, 7) is 1.58. The highest BCUT2D eigenvalue weighted by Gasteiger charge is 2.23. The van der Waals surface area contributed by atoms with Gasteiger partial charge in [0.2, 0.25) is 0 Å². The molecule has 0 saturated carbocycles. The van der Waals surface area contributed by atoms with E-state index in [-0.39, 0.29) is 0 Å². The molecule has 1 unspecified atom stereocenters. The zero-order valence-electron chi connectivity index (χ0n) is 11.8. The van der Waals surface area contributed by atoms with E-state index in [0.29, 0.717) is 6.04 Å². The molecule has 4 heteroatoms. The number of pyridine rings is 1. The molecule has 0 bridgehead atoms. The van der Waals surface area contributed by atoms with Crippen LogP contribution >= 0.6 is 0 Å². The molecule has 1 saturated heterocycles. The number of aromatic nitrogens is 3. The molecule has 1 fully saturated rings. The fourth-order valence-corrected chi connectivity index (χ4v) is 2.99. The average Bonchev–Trinajstić information content (AvgIpc) is 3.14. The Morgan fingerprint density at radius 2 is 2.05 bits per heavy atom. The minimum atomic E-state index is 0.351. The Balaban J connectivity index is 1.81. The highest BCUT2D eigenvalue weighted by Crippen LogP contribution is 2.26. The second-order valence-electron chi connectivity index (χ2n) is 5.42. The Bertz CT molecular complexity index is 745. The maximum Gasteiger partial charge on any atom is 0.160 e. The van der Waals surface area contributed by atoms with Crippen LogP contribution < -0.4 is 0 Å². The smallest absolute Gasteiger partial charge is 0.160 e. The fraction of sp³-hybridized carbons (Fsp3) is 0.294. The molecule has 106 valence electrons. The van der Waals surface area contributed by atoms with Crippen LogP contribution in [-0.2, 0) is 11.2 Å². The molecule has 1 aliphatic rings. The van der Waals surface area contributed by atoms with E-state index >= 15 is 0 Å². The van der Waals surface area contributed by atoms with Crippen molar-refractivity contribution < 1.29 is 4.74 Å². The number of nitrogens with zero attached hydrogens (tertiary/aromatic N) is 3. The predicted octanol–water partition coefficient (Wildman–Crippen LogP) is 2.98. The summed E-state index contributed by atoms with van der Waals surface area (Å²) in [4.78, 5) is 9.33. The van der Waals surface area contributed by atoms with Gasteiger partial charge in [0.1, 0.15) is 11.3 Å². The van der Waals surface area contributed by atoms with Gasteiger partial charge >= 0.3 is 0 Å². The first-order valence-electron chi connectivity index (χ1n) is 7.35. The summed E-state index contributed by atoms with van der Waals surface area (Å²) in [6, 6.07) is 14.8. The van der Waals surface area contributed by atoms with Crippen LogP contribution in [0.4, 0.5) is 0 Å². The zero-order valence-corrected chi connectivity index (χ0v) is 11.8. The van der Waals surface area contributed by atoms with Crippen LogP contribution in [0, 0.1) is 0 Å². The number of fused-ring (bicyclic) bond motifs is 1. The molecule has 4 nitrogen and oxygen atoms in total. The second kappa shape index (κ2) is 5.30. The quantitative estimate of drug-likeness (QED) is 0.740. The van der Waals surface area contributed by atoms with Gasteiger partial charge in [-0.15, -0.1) is 0 Å². The molecule has 0 radical (unpaired) electrons. The van der Waals surface area contributed by atoms with Gasteiger partial charge in [-0.25, -0.2) is 9.97 Å². The molecule has 3 aromatic rings. The normalized spacial score (nSPS) is 18.4. The Hall–Kier alpha value is -2.20. The molecule has 21 heavy (non-hydrogen) atoms. The standard InChI is InChI=1S/C17H17N3O/c1-2-5-13(6-3-1)11-16-19-15-7-4-9-18-17(15)20(16)14-8-10-21-12-14/h1-7,9,14H,8,10-12H2. The molecular weight excluding hydrogens is 262 g/mol. The van der Waals surface area contributed by atoms with Gasteiger partial charge in [-0.05, 0) is 24.1 Å². The van der Waals surface area contributed by atoms with Crippen molar-refractivity contribution in [3.8, 4) is 0 Å². The lowest BCUT2D eigenvalue weighted by Gasteiger charge is -2.14. The zero-order chi connectivity index (χ0) is 14.1. The Morgan fingerprint density at radius 1 is 1.14 bits per heavy atom. The first kappa shape index (κ1) is 12.5. The lowest BCUT2D eigenvalue weighted by Crippen LogP contribution is -2.13. The molecule has 4 rings (SSSR count). The second-order valence-corrected chi connectivity index (χ2v) is 5.42. The third kappa shape index (κ3) is 2.32. The lowest BCUT2D eigenvalue weighted by atomic mass is 10.1. The van der Waals surface area contributed by atoms with Crippen molar-refractivity contribution >= 4 is 11.2 Å². The number of imidazole rings is 1. The maximum absolute atomic E-state index is 5.56. The summed E-state index contributed by atoms with van der Waals surface area (Å²) in [7, 11) is 0. The Kier molecular flexibility index (Phi) is 3.16. The number of ether oxygens (including phenoxy) is 1. The van der Waals surface area contributed by atoms with E-state index in [1.165, 1.54) is 5.56 Å². The molecule has 1 aliphatic heterocycles. The molecule has 2 aromatic heterocycles. The van der Waals surface area contributed by atoms with E-state index in [2.05, 4.69) is 33.8 Å². The monoisotopic (exact) mass is 279 g/mol. The third-order valence-corrected chi connectivity index (χ3v) is 4.00. The lowest BCUT2D eigenvalue weighted by molar-refractivity contribution is 0.186. The minimum Gasteiger partial charge on any atom is -0.379 e. The minimum absolute atomic E-state index is 0.351. The molecule has 3 heterocycles. The van der Waals surface area contributed by atoms with Crippen LogP contribution in [0.25, 0.3) is 11.2 Å². The molecule has 1 atom stereocenters. The summed E-state index contributed by atoms with van der Waals surface area (Å²) in [6.07, 6.45) is 3.69. The van der Waals surface area contributed by atoms with Crippen molar-refractivity contribution in [2.45, 2.75) is 18.9 Å². The van der Waals surface area contributed by atoms with Crippen LogP contribution in [0.15, 0.2) is 48.7 Å². The van der Waals surface area contributed by atoms with Gasteiger partial charge in [0, 0.05) is 19.2 Å².